The van der Waals surface area contributed by atoms with Crippen LogP contribution in [0.2, 0.25) is 0 Å². The van der Waals surface area contributed by atoms with Crippen molar-refractivity contribution in [3.8, 4) is 22.9 Å². The summed E-state index contributed by atoms with van der Waals surface area (Å²) in [7, 11) is 1.63. The second kappa shape index (κ2) is 9.85. The molecule has 6 nitrogen and oxygen atoms in total. The van der Waals surface area contributed by atoms with Crippen LogP contribution in [0.5, 0.6) is 11.5 Å². The minimum Gasteiger partial charge on any atom is -0.493 e. The van der Waals surface area contributed by atoms with Crippen LogP contribution in [0, 0.1) is 4.77 Å². The predicted octanol–water partition coefficient (Wildman–Crippen LogP) is 5.07. The van der Waals surface area contributed by atoms with E-state index in [9.17, 15) is 0 Å². The van der Waals surface area contributed by atoms with Crippen molar-refractivity contribution < 1.29 is 9.47 Å². The highest BCUT2D eigenvalue weighted by Gasteiger charge is 2.08. The Morgan fingerprint density at radius 2 is 1.96 bits per heavy atom. The van der Waals surface area contributed by atoms with Gasteiger partial charge in [-0.1, -0.05) is 50.1 Å². The van der Waals surface area contributed by atoms with E-state index in [4.69, 9.17) is 21.7 Å². The van der Waals surface area contributed by atoms with E-state index < -0.39 is 0 Å². The van der Waals surface area contributed by atoms with E-state index in [2.05, 4.69) is 22.2 Å². The van der Waals surface area contributed by atoms with Crippen molar-refractivity contribution in [1.82, 2.24) is 14.9 Å². The number of benzene rings is 2. The number of nitrogens with zero attached hydrogens (tertiary/aromatic N) is 3. The second-order valence-corrected chi connectivity index (χ2v) is 6.63. The van der Waals surface area contributed by atoms with Gasteiger partial charge >= 0.3 is 0 Å². The van der Waals surface area contributed by atoms with Gasteiger partial charge in [-0.15, -0.1) is 0 Å². The van der Waals surface area contributed by atoms with Gasteiger partial charge in [0.15, 0.2) is 17.3 Å². The summed E-state index contributed by atoms with van der Waals surface area (Å²) in [5.41, 5.74) is 1.81. The zero-order chi connectivity index (χ0) is 19.8. The molecule has 0 bridgehead atoms. The molecule has 0 aliphatic carbocycles. The third kappa shape index (κ3) is 4.86. The SMILES string of the molecule is CCCCCOc1ccc(/C=N\n2c(-c3ccccc3)n[nH]c2=S)cc1OC. The molecule has 3 rings (SSSR count). The molecule has 0 spiro atoms. The molecule has 0 aliphatic rings. The van der Waals surface area contributed by atoms with Gasteiger partial charge in [-0.3, -0.25) is 0 Å². The number of aromatic nitrogens is 3. The van der Waals surface area contributed by atoms with E-state index in [0.29, 0.717) is 23.0 Å². The van der Waals surface area contributed by atoms with E-state index in [1.165, 1.54) is 0 Å². The molecule has 2 aromatic carbocycles. The molecule has 0 saturated heterocycles. The van der Waals surface area contributed by atoms with Crippen molar-refractivity contribution in [2.45, 2.75) is 26.2 Å². The molecule has 0 fully saturated rings. The van der Waals surface area contributed by atoms with Crippen molar-refractivity contribution in [2.75, 3.05) is 13.7 Å². The van der Waals surface area contributed by atoms with E-state index >= 15 is 0 Å². The molecule has 1 aromatic heterocycles. The zero-order valence-corrected chi connectivity index (χ0v) is 16.9. The fourth-order valence-corrected chi connectivity index (χ4v) is 2.89. The van der Waals surface area contributed by atoms with Crippen LogP contribution in [0.1, 0.15) is 31.7 Å². The van der Waals surface area contributed by atoms with Crippen LogP contribution in [0.15, 0.2) is 53.6 Å². The van der Waals surface area contributed by atoms with Crippen LogP contribution in [0.4, 0.5) is 0 Å². The third-order valence-electron chi connectivity index (χ3n) is 4.20. The highest BCUT2D eigenvalue weighted by atomic mass is 32.1. The fourth-order valence-electron chi connectivity index (χ4n) is 2.72. The van der Waals surface area contributed by atoms with E-state index in [-0.39, 0.29) is 0 Å². The van der Waals surface area contributed by atoms with Gasteiger partial charge in [-0.25, -0.2) is 5.10 Å². The lowest BCUT2D eigenvalue weighted by Crippen LogP contribution is -2.00. The van der Waals surface area contributed by atoms with E-state index in [1.54, 1.807) is 18.0 Å². The zero-order valence-electron chi connectivity index (χ0n) is 16.1. The van der Waals surface area contributed by atoms with Crippen LogP contribution in [0.3, 0.4) is 0 Å². The van der Waals surface area contributed by atoms with Gasteiger partial charge in [0, 0.05) is 5.56 Å². The molecule has 28 heavy (non-hydrogen) atoms. The van der Waals surface area contributed by atoms with Gasteiger partial charge in [-0.2, -0.15) is 14.9 Å². The van der Waals surface area contributed by atoms with Crippen LogP contribution >= 0.6 is 12.2 Å². The normalized spacial score (nSPS) is 11.1. The van der Waals surface area contributed by atoms with E-state index in [1.807, 2.05) is 48.5 Å². The lowest BCUT2D eigenvalue weighted by atomic mass is 10.2. The molecule has 0 saturated carbocycles. The highest BCUT2D eigenvalue weighted by Crippen LogP contribution is 2.28. The largest absolute Gasteiger partial charge is 0.493 e. The van der Waals surface area contributed by atoms with Crippen LogP contribution in [-0.2, 0) is 0 Å². The summed E-state index contributed by atoms with van der Waals surface area (Å²) in [6.45, 7) is 2.85. The number of rotatable bonds is 9. The molecule has 1 N–H and O–H groups in total. The Bertz CT molecular complexity index is 980. The number of ether oxygens (including phenoxy) is 2. The monoisotopic (exact) mass is 396 g/mol. The number of H-pyrrole nitrogens is 1. The summed E-state index contributed by atoms with van der Waals surface area (Å²) in [5.74, 6) is 2.07. The Morgan fingerprint density at radius 3 is 2.71 bits per heavy atom. The Labute approximate surface area is 169 Å². The van der Waals surface area contributed by atoms with Gasteiger partial charge in [-0.05, 0) is 42.4 Å². The molecule has 146 valence electrons. The van der Waals surface area contributed by atoms with Crippen LogP contribution < -0.4 is 9.47 Å². The smallest absolute Gasteiger partial charge is 0.216 e. The van der Waals surface area contributed by atoms with Crippen molar-refractivity contribution >= 4 is 18.4 Å². The fraction of sp³-hybridized carbons (Fsp3) is 0.286. The Hall–Kier alpha value is -2.93. The van der Waals surface area contributed by atoms with Gasteiger partial charge in [0.05, 0.1) is 19.9 Å². The maximum Gasteiger partial charge on any atom is 0.216 e. The number of nitrogens with one attached hydrogen (secondary N) is 1. The molecule has 3 aromatic rings. The number of hydrogen-bond donors (Lipinski definition) is 1. The number of aromatic amines is 1. The summed E-state index contributed by atoms with van der Waals surface area (Å²) >= 11 is 5.31. The predicted molar refractivity (Wildman–Crippen MR) is 114 cm³/mol. The lowest BCUT2D eigenvalue weighted by Gasteiger charge is -2.11. The molecule has 0 radical (unpaired) electrons. The summed E-state index contributed by atoms with van der Waals surface area (Å²) in [5, 5.41) is 11.6. The van der Waals surface area contributed by atoms with Gasteiger partial charge in [0.25, 0.3) is 0 Å². The first-order valence-corrected chi connectivity index (χ1v) is 9.71. The first kappa shape index (κ1) is 19.8. The summed E-state index contributed by atoms with van der Waals surface area (Å²) in [6, 6.07) is 15.5. The topological polar surface area (TPSA) is 64.4 Å². The summed E-state index contributed by atoms with van der Waals surface area (Å²) in [6.07, 6.45) is 5.07. The van der Waals surface area contributed by atoms with Gasteiger partial charge in [0.1, 0.15) is 0 Å². The van der Waals surface area contributed by atoms with Crippen molar-refractivity contribution in [2.24, 2.45) is 5.10 Å². The van der Waals surface area contributed by atoms with Crippen molar-refractivity contribution in [1.29, 1.82) is 0 Å². The van der Waals surface area contributed by atoms with Gasteiger partial charge in [0.2, 0.25) is 4.77 Å². The Morgan fingerprint density at radius 1 is 1.14 bits per heavy atom. The molecule has 0 amide bonds. The average Bonchev–Trinajstić information content (AvgIpc) is 3.11. The quantitative estimate of drug-likeness (QED) is 0.312. The maximum absolute atomic E-state index is 5.83. The minimum absolute atomic E-state index is 0.429. The second-order valence-electron chi connectivity index (χ2n) is 6.24. The van der Waals surface area contributed by atoms with Crippen molar-refractivity contribution in [3.63, 3.8) is 0 Å². The van der Waals surface area contributed by atoms with E-state index in [0.717, 1.165) is 36.1 Å². The molecule has 1 heterocycles. The lowest BCUT2D eigenvalue weighted by molar-refractivity contribution is 0.286. The maximum atomic E-state index is 5.83. The van der Waals surface area contributed by atoms with Crippen LogP contribution in [0.25, 0.3) is 11.4 Å². The number of unbranched alkanes of at least 4 members (excludes halogenated alkanes) is 2. The molecule has 0 aliphatic heterocycles. The first-order valence-electron chi connectivity index (χ1n) is 9.31. The minimum atomic E-state index is 0.429. The molecular weight excluding hydrogens is 372 g/mol. The van der Waals surface area contributed by atoms with Gasteiger partial charge < -0.3 is 9.47 Å². The molecule has 0 atom stereocenters. The number of methoxy groups -OCH3 is 1. The average molecular weight is 397 g/mol. The van der Waals surface area contributed by atoms with Crippen molar-refractivity contribution in [3.05, 3.63) is 58.9 Å². The molecule has 0 unspecified atom stereocenters. The summed E-state index contributed by atoms with van der Waals surface area (Å²) in [4.78, 5) is 0. The standard InChI is InChI=1S/C21H24N4O2S/c1-3-4-8-13-27-18-12-11-16(14-19(18)26-2)15-22-25-20(23-24-21(25)28)17-9-6-5-7-10-17/h5-7,9-12,14-15H,3-4,8,13H2,1-2H3,(H,24,28)/b22-15-. The molecule has 7 heteroatoms. The third-order valence-corrected chi connectivity index (χ3v) is 4.46. The molecular formula is C21H24N4O2S. The number of hydrogen-bond acceptors (Lipinski definition) is 5. The summed E-state index contributed by atoms with van der Waals surface area (Å²) < 4.78 is 13.3. The van der Waals surface area contributed by atoms with Crippen LogP contribution in [-0.4, -0.2) is 34.8 Å². The Kier molecular flexibility index (Phi) is 6.97. The first-order chi connectivity index (χ1) is 13.7. The highest BCUT2D eigenvalue weighted by molar-refractivity contribution is 7.71. The Balaban J connectivity index is 1.80.